The molecule has 3 heterocycles. The minimum absolute atomic E-state index is 0.0215. The Morgan fingerprint density at radius 1 is 0.952 bits per heavy atom. The van der Waals surface area contributed by atoms with Crippen molar-refractivity contribution in [2.45, 2.75) is 111 Å². The number of anilines is 2. The van der Waals surface area contributed by atoms with E-state index in [0.29, 0.717) is 61.5 Å². The molecule has 0 bridgehead atoms. The van der Waals surface area contributed by atoms with Crippen LogP contribution in [0.4, 0.5) is 24.7 Å². The molecule has 2 aliphatic heterocycles. The van der Waals surface area contributed by atoms with Gasteiger partial charge in [-0.15, -0.1) is 11.8 Å². The summed E-state index contributed by atoms with van der Waals surface area (Å²) in [5, 5.41) is 3.72. The number of thioether (sulfide) groups is 1. The van der Waals surface area contributed by atoms with Crippen LogP contribution in [0.5, 0.6) is 0 Å². The number of nitrogens with one attached hydrogen (secondary N) is 2. The fourth-order valence-corrected chi connectivity index (χ4v) is 12.0. The van der Waals surface area contributed by atoms with Crippen molar-refractivity contribution in [3.63, 3.8) is 0 Å². The van der Waals surface area contributed by atoms with Gasteiger partial charge < -0.3 is 5.32 Å². The van der Waals surface area contributed by atoms with Gasteiger partial charge in [0.15, 0.2) is 0 Å². The van der Waals surface area contributed by atoms with Gasteiger partial charge >= 0.3 is 5.51 Å². The molecule has 7 rings (SSSR count). The monoisotopic (exact) mass is 930 g/mol. The van der Waals surface area contributed by atoms with Crippen LogP contribution in [0.1, 0.15) is 82.5 Å². The smallest absolute Gasteiger partial charge is 0.380 e. The number of halogens is 4. The lowest BCUT2D eigenvalue weighted by Gasteiger charge is -2.41. The number of hydrogen-bond acceptors (Lipinski definition) is 10. The molecule has 62 heavy (non-hydrogen) atoms. The summed E-state index contributed by atoms with van der Waals surface area (Å²) in [6, 6.07) is 20.3. The summed E-state index contributed by atoms with van der Waals surface area (Å²) in [5.74, 6) is 0.456. The molecule has 3 aromatic carbocycles. The first kappa shape index (κ1) is 46.3. The van der Waals surface area contributed by atoms with Crippen molar-refractivity contribution in [3.8, 4) is 0 Å². The lowest BCUT2D eigenvalue weighted by atomic mass is 9.72. The second-order valence-electron chi connectivity index (χ2n) is 17.3. The van der Waals surface area contributed by atoms with Crippen LogP contribution in [-0.4, -0.2) is 86.1 Å². The van der Waals surface area contributed by atoms with Gasteiger partial charge in [-0.1, -0.05) is 74.7 Å². The minimum atomic E-state index is -5.95. The Balaban J connectivity index is 1.03. The molecule has 0 unspecified atom stereocenters. The first-order chi connectivity index (χ1) is 29.4. The summed E-state index contributed by atoms with van der Waals surface area (Å²) < 4.78 is 98.4. The molecule has 0 amide bonds. The molecule has 334 valence electrons. The maximum Gasteiger partial charge on any atom is 0.501 e. The summed E-state index contributed by atoms with van der Waals surface area (Å²) in [5.41, 5.74) is -0.289. The molecule has 4 aromatic rings. The van der Waals surface area contributed by atoms with Gasteiger partial charge in [0.25, 0.3) is 19.9 Å². The van der Waals surface area contributed by atoms with Crippen LogP contribution in [-0.2, 0) is 32.8 Å². The summed E-state index contributed by atoms with van der Waals surface area (Å²) in [4.78, 5) is 12.8. The van der Waals surface area contributed by atoms with Crippen LogP contribution < -0.4 is 10.0 Å². The number of benzene rings is 3. The maximum atomic E-state index is 14.1. The number of allylic oxidation sites excluding steroid dienone is 1. The minimum Gasteiger partial charge on any atom is -0.380 e. The second-order valence-corrected chi connectivity index (χ2v) is 22.4. The van der Waals surface area contributed by atoms with E-state index in [0.717, 1.165) is 73.8 Å². The highest BCUT2D eigenvalue weighted by Crippen LogP contribution is 2.44. The van der Waals surface area contributed by atoms with E-state index < -0.39 is 41.2 Å². The fourth-order valence-electron chi connectivity index (χ4n) is 8.75. The number of nitrogens with zero attached hydrogens (tertiary/aromatic N) is 4. The van der Waals surface area contributed by atoms with Crippen molar-refractivity contribution >= 4 is 60.3 Å². The zero-order chi connectivity index (χ0) is 44.3. The maximum absolute atomic E-state index is 14.1. The van der Waals surface area contributed by atoms with E-state index in [2.05, 4.69) is 55.8 Å². The molecule has 0 saturated carbocycles. The van der Waals surface area contributed by atoms with Gasteiger partial charge in [0.1, 0.15) is 17.0 Å². The lowest BCUT2D eigenvalue weighted by Crippen LogP contribution is -2.47. The third-order valence-electron chi connectivity index (χ3n) is 12.2. The standard InChI is InChI=1S/C45H54ClF3N6O4S3/c1-4-8-34(29-60-36-9-6-5-7-10-36)52-40-16-15-37(25-42(40)61(56,57)45(47,48)49)62(58,59)53-43-38-20-24-55(28-41(38)50-30-51-43)35-18-22-54(23-19-35)27-32-17-21-44(2,3)26-39(32)31-11-13-33(46)14-12-31/h5-7,9-16,25,30,34-35,52H,4,8,17-24,26-29H2,1-3H3,(H,50,51,53)/t34-/m1/s1. The average Bonchev–Trinajstić information content (AvgIpc) is 3.24. The Morgan fingerprint density at radius 2 is 1.68 bits per heavy atom. The number of alkyl halides is 3. The average molecular weight is 932 g/mol. The number of rotatable bonds is 15. The molecule has 0 radical (unpaired) electrons. The first-order valence-corrected chi connectivity index (χ1v) is 25.4. The third-order valence-corrected chi connectivity index (χ3v) is 16.5. The molecule has 1 atom stereocenters. The molecule has 3 aliphatic rings. The van der Waals surface area contributed by atoms with Crippen molar-refractivity contribution in [2.75, 3.05) is 42.0 Å². The van der Waals surface area contributed by atoms with Crippen molar-refractivity contribution in [1.82, 2.24) is 19.8 Å². The van der Waals surface area contributed by atoms with E-state index in [1.165, 1.54) is 34.8 Å². The molecule has 2 N–H and O–H groups in total. The molecule has 1 fully saturated rings. The highest BCUT2D eigenvalue weighted by Gasteiger charge is 2.48. The van der Waals surface area contributed by atoms with E-state index in [1.807, 2.05) is 49.4 Å². The number of likely N-dealkylation sites (tertiary alicyclic amines) is 1. The number of hydrogen-bond donors (Lipinski definition) is 2. The number of sulfone groups is 1. The van der Waals surface area contributed by atoms with Crippen LogP contribution in [0.15, 0.2) is 99.4 Å². The molecular formula is C45H54ClF3N6O4S3. The van der Waals surface area contributed by atoms with Crippen LogP contribution in [0.2, 0.25) is 5.02 Å². The highest BCUT2D eigenvalue weighted by atomic mass is 35.5. The van der Waals surface area contributed by atoms with E-state index in [9.17, 15) is 30.0 Å². The van der Waals surface area contributed by atoms with Gasteiger partial charge in [-0.3, -0.25) is 14.5 Å². The predicted molar refractivity (Wildman–Crippen MR) is 242 cm³/mol. The van der Waals surface area contributed by atoms with Gasteiger partial charge in [-0.2, -0.15) is 13.2 Å². The molecule has 0 spiro atoms. The summed E-state index contributed by atoms with van der Waals surface area (Å²) in [6.07, 6.45) is 8.16. The van der Waals surface area contributed by atoms with E-state index >= 15 is 0 Å². The Labute approximate surface area is 373 Å². The van der Waals surface area contributed by atoms with Crippen LogP contribution in [0.25, 0.3) is 5.57 Å². The van der Waals surface area contributed by atoms with Gasteiger partial charge in [0.05, 0.1) is 16.3 Å². The van der Waals surface area contributed by atoms with Crippen molar-refractivity contribution < 1.29 is 30.0 Å². The molecular weight excluding hydrogens is 877 g/mol. The van der Waals surface area contributed by atoms with E-state index in [-0.39, 0.29) is 16.9 Å². The normalized spacial score (nSPS) is 18.6. The van der Waals surface area contributed by atoms with Gasteiger partial charge in [-0.25, -0.2) is 26.8 Å². The van der Waals surface area contributed by atoms with Gasteiger partial charge in [0, 0.05) is 53.0 Å². The zero-order valence-corrected chi connectivity index (χ0v) is 38.4. The van der Waals surface area contributed by atoms with E-state index in [1.54, 1.807) is 0 Å². The predicted octanol–water partition coefficient (Wildman–Crippen LogP) is 10.1. The molecule has 10 nitrogen and oxygen atoms in total. The van der Waals surface area contributed by atoms with Crippen molar-refractivity contribution in [3.05, 3.63) is 107 Å². The Hall–Kier alpha value is -3.67. The second kappa shape index (κ2) is 19.2. The van der Waals surface area contributed by atoms with E-state index in [4.69, 9.17) is 11.6 Å². The number of fused-ring (bicyclic) bond motifs is 1. The fraction of sp³-hybridized carbons (Fsp3) is 0.467. The number of aromatic nitrogens is 2. The molecule has 1 saturated heterocycles. The van der Waals surface area contributed by atoms with Crippen LogP contribution >= 0.6 is 23.4 Å². The summed E-state index contributed by atoms with van der Waals surface area (Å²) >= 11 is 7.70. The van der Waals surface area contributed by atoms with Gasteiger partial charge in [0.2, 0.25) is 0 Å². The van der Waals surface area contributed by atoms with Crippen LogP contribution in [0, 0.1) is 5.41 Å². The molecule has 17 heteroatoms. The Kier molecular flexibility index (Phi) is 14.3. The topological polar surface area (TPSA) is 125 Å². The highest BCUT2D eigenvalue weighted by molar-refractivity contribution is 7.99. The van der Waals surface area contributed by atoms with Crippen molar-refractivity contribution in [1.29, 1.82) is 0 Å². The Bertz CT molecular complexity index is 2460. The molecule has 1 aromatic heterocycles. The quantitative estimate of drug-likeness (QED) is 0.111. The zero-order valence-electron chi connectivity index (χ0n) is 35.2. The van der Waals surface area contributed by atoms with Gasteiger partial charge in [-0.05, 0) is 117 Å². The largest absolute Gasteiger partial charge is 0.501 e. The van der Waals surface area contributed by atoms with Crippen LogP contribution in [0.3, 0.4) is 0 Å². The number of sulfonamides is 1. The number of piperidine rings is 1. The Morgan fingerprint density at radius 3 is 2.37 bits per heavy atom. The first-order valence-electron chi connectivity index (χ1n) is 21.1. The third kappa shape index (κ3) is 11.0. The lowest BCUT2D eigenvalue weighted by molar-refractivity contribution is -0.0435. The summed E-state index contributed by atoms with van der Waals surface area (Å²) in [7, 11) is -10.5. The summed E-state index contributed by atoms with van der Waals surface area (Å²) in [6.45, 7) is 10.6. The molecule has 1 aliphatic carbocycles. The van der Waals surface area contributed by atoms with Crippen molar-refractivity contribution in [2.24, 2.45) is 5.41 Å². The SMILES string of the molecule is CCC[C@H](CSc1ccccc1)Nc1ccc(S(=O)(=O)Nc2ncnc3c2CCN(C2CCN(CC4=C(c5ccc(Cl)cc5)CC(C)(C)CC4)CC2)C3)cc1S(=O)(=O)C(F)(F)F.